The summed E-state index contributed by atoms with van der Waals surface area (Å²) in [4.78, 5) is 12.1. The Labute approximate surface area is 112 Å². The van der Waals surface area contributed by atoms with Crippen molar-refractivity contribution in [3.63, 3.8) is 0 Å². The first kappa shape index (κ1) is 13.8. The number of allylic oxidation sites excluding steroid dienone is 5. The fourth-order valence-corrected chi connectivity index (χ4v) is 2.16. The van der Waals surface area contributed by atoms with Crippen LogP contribution in [-0.4, -0.2) is 34.3 Å². The lowest BCUT2D eigenvalue weighted by Gasteiger charge is -2.35. The van der Waals surface area contributed by atoms with E-state index >= 15 is 0 Å². The molecule has 2 aliphatic rings. The van der Waals surface area contributed by atoms with Crippen molar-refractivity contribution in [3.8, 4) is 0 Å². The van der Waals surface area contributed by atoms with Gasteiger partial charge in [0.05, 0.1) is 6.10 Å². The van der Waals surface area contributed by atoms with E-state index < -0.39 is 17.5 Å². The molecule has 0 bridgehead atoms. The van der Waals surface area contributed by atoms with Crippen LogP contribution >= 0.6 is 0 Å². The number of carbonyl (C=O) groups excluding carboxylic acids is 1. The van der Waals surface area contributed by atoms with Crippen molar-refractivity contribution >= 4 is 5.78 Å². The van der Waals surface area contributed by atoms with Gasteiger partial charge < -0.3 is 14.9 Å². The van der Waals surface area contributed by atoms with Crippen LogP contribution in [0.25, 0.3) is 0 Å². The maximum Gasteiger partial charge on any atom is 0.196 e. The Kier molecular flexibility index (Phi) is 3.73. The van der Waals surface area contributed by atoms with Gasteiger partial charge in [-0.15, -0.1) is 0 Å². The fraction of sp³-hybridized carbons (Fsp3) is 0.400. The zero-order valence-corrected chi connectivity index (χ0v) is 11.1. The van der Waals surface area contributed by atoms with E-state index in [1.54, 1.807) is 12.2 Å². The lowest BCUT2D eigenvalue weighted by molar-refractivity contribution is -0.145. The number of aliphatic hydroxyl groups excluding tert-OH is 1. The first-order valence-corrected chi connectivity index (χ1v) is 6.28. The number of hydrogen-bond donors (Lipinski definition) is 2. The number of aliphatic hydroxyl groups is 2. The maximum absolute atomic E-state index is 12.1. The van der Waals surface area contributed by atoms with Crippen molar-refractivity contribution < 1.29 is 19.7 Å². The lowest BCUT2D eigenvalue weighted by Crippen LogP contribution is -2.51. The number of ether oxygens (including phenoxy) is 1. The van der Waals surface area contributed by atoms with E-state index in [1.807, 2.05) is 25.2 Å². The molecule has 0 unspecified atom stereocenters. The maximum atomic E-state index is 12.1. The van der Waals surface area contributed by atoms with Crippen LogP contribution in [0.15, 0.2) is 47.3 Å². The molecule has 19 heavy (non-hydrogen) atoms. The number of Topliss-reactive ketones (excluding diaryl/α,β-unsaturated/α-hetero) is 1. The van der Waals surface area contributed by atoms with Gasteiger partial charge in [0.2, 0.25) is 0 Å². The number of rotatable bonds is 2. The van der Waals surface area contributed by atoms with Crippen LogP contribution in [0.2, 0.25) is 0 Å². The molecule has 2 N–H and O–H groups in total. The SMILES string of the molecule is C/C=C/C=C/C1=CC2=C(CO1)C(=O)[C@](C)(O)[C@H](O)C2. The minimum absolute atomic E-state index is 0.142. The molecule has 1 aliphatic carbocycles. The molecule has 0 amide bonds. The van der Waals surface area contributed by atoms with Crippen molar-refractivity contribution in [2.75, 3.05) is 6.61 Å². The Morgan fingerprint density at radius 1 is 1.47 bits per heavy atom. The molecule has 0 saturated carbocycles. The molecular weight excluding hydrogens is 244 g/mol. The van der Waals surface area contributed by atoms with Gasteiger partial charge in [0.1, 0.15) is 12.4 Å². The van der Waals surface area contributed by atoms with Gasteiger partial charge >= 0.3 is 0 Å². The van der Waals surface area contributed by atoms with Gasteiger partial charge in [-0.05, 0) is 31.6 Å². The van der Waals surface area contributed by atoms with Crippen molar-refractivity contribution in [1.82, 2.24) is 0 Å². The highest BCUT2D eigenvalue weighted by molar-refractivity contribution is 6.04. The monoisotopic (exact) mass is 262 g/mol. The summed E-state index contributed by atoms with van der Waals surface area (Å²) >= 11 is 0. The van der Waals surface area contributed by atoms with Crippen LogP contribution in [0.5, 0.6) is 0 Å². The third-order valence-corrected chi connectivity index (χ3v) is 3.45. The van der Waals surface area contributed by atoms with E-state index in [0.717, 1.165) is 5.57 Å². The Morgan fingerprint density at radius 3 is 2.89 bits per heavy atom. The van der Waals surface area contributed by atoms with Crippen molar-refractivity contribution in [2.24, 2.45) is 0 Å². The molecule has 1 heterocycles. The van der Waals surface area contributed by atoms with Gasteiger partial charge in [-0.3, -0.25) is 4.79 Å². The first-order valence-electron chi connectivity index (χ1n) is 6.28. The predicted octanol–water partition coefficient (Wildman–Crippen LogP) is 1.41. The first-order chi connectivity index (χ1) is 8.96. The van der Waals surface area contributed by atoms with E-state index in [9.17, 15) is 15.0 Å². The molecule has 0 fully saturated rings. The Bertz CT molecular complexity index is 506. The zero-order valence-electron chi connectivity index (χ0n) is 11.1. The standard InChI is InChI=1S/C15H18O4/c1-3-4-5-6-11-7-10-8-13(16)15(2,18)14(17)12(10)9-19-11/h3-7,13,16,18H,8-9H2,1-2H3/b4-3+,6-5+/t13-,15-/m1/s1. The molecule has 4 nitrogen and oxygen atoms in total. The van der Waals surface area contributed by atoms with Crippen molar-refractivity contribution in [2.45, 2.75) is 32.0 Å². The third kappa shape index (κ3) is 2.55. The normalized spacial score (nSPS) is 31.7. The lowest BCUT2D eigenvalue weighted by atomic mass is 9.77. The average Bonchev–Trinajstić information content (AvgIpc) is 2.37. The number of ketones is 1. The largest absolute Gasteiger partial charge is 0.489 e. The molecule has 0 aromatic rings. The predicted molar refractivity (Wildman–Crippen MR) is 71.3 cm³/mol. The molecule has 2 rings (SSSR count). The minimum atomic E-state index is -1.71. The summed E-state index contributed by atoms with van der Waals surface area (Å²) in [5, 5.41) is 19.8. The topological polar surface area (TPSA) is 66.8 Å². The molecule has 0 radical (unpaired) electrons. The molecule has 0 aromatic carbocycles. The molecule has 0 spiro atoms. The van der Waals surface area contributed by atoms with E-state index in [0.29, 0.717) is 11.3 Å². The zero-order chi connectivity index (χ0) is 14.0. The second-order valence-electron chi connectivity index (χ2n) is 4.92. The highest BCUT2D eigenvalue weighted by Crippen LogP contribution is 2.34. The molecular formula is C15H18O4. The Morgan fingerprint density at radius 2 is 2.21 bits per heavy atom. The van der Waals surface area contributed by atoms with Crippen LogP contribution in [-0.2, 0) is 9.53 Å². The second-order valence-corrected chi connectivity index (χ2v) is 4.92. The molecule has 1 aliphatic heterocycles. The molecule has 0 aromatic heterocycles. The number of carbonyl (C=O) groups is 1. The summed E-state index contributed by atoms with van der Waals surface area (Å²) < 4.78 is 5.46. The van der Waals surface area contributed by atoms with Gasteiger partial charge in [-0.1, -0.05) is 18.2 Å². The van der Waals surface area contributed by atoms with Crippen LogP contribution < -0.4 is 0 Å². The van der Waals surface area contributed by atoms with Gasteiger partial charge in [0, 0.05) is 12.0 Å². The van der Waals surface area contributed by atoms with E-state index in [-0.39, 0.29) is 13.0 Å². The number of hydrogen-bond acceptors (Lipinski definition) is 4. The van der Waals surface area contributed by atoms with Gasteiger partial charge in [0.15, 0.2) is 11.4 Å². The highest BCUT2D eigenvalue weighted by atomic mass is 16.5. The molecule has 0 saturated heterocycles. The van der Waals surface area contributed by atoms with Gasteiger partial charge in [0.25, 0.3) is 0 Å². The summed E-state index contributed by atoms with van der Waals surface area (Å²) in [6, 6.07) is 0. The van der Waals surface area contributed by atoms with Crippen molar-refractivity contribution in [1.29, 1.82) is 0 Å². The quantitative estimate of drug-likeness (QED) is 0.738. The summed E-state index contributed by atoms with van der Waals surface area (Å²) in [5.74, 6) is 0.201. The van der Waals surface area contributed by atoms with E-state index in [1.165, 1.54) is 6.92 Å². The van der Waals surface area contributed by atoms with Gasteiger partial charge in [-0.2, -0.15) is 0 Å². The fourth-order valence-electron chi connectivity index (χ4n) is 2.16. The summed E-state index contributed by atoms with van der Waals surface area (Å²) in [6.45, 7) is 3.40. The Balaban J connectivity index is 2.29. The summed E-state index contributed by atoms with van der Waals surface area (Å²) in [6.07, 6.45) is 8.35. The van der Waals surface area contributed by atoms with E-state index in [2.05, 4.69) is 0 Å². The average molecular weight is 262 g/mol. The van der Waals surface area contributed by atoms with E-state index in [4.69, 9.17) is 4.74 Å². The molecule has 102 valence electrons. The summed E-state index contributed by atoms with van der Waals surface area (Å²) in [5.41, 5.74) is -0.511. The van der Waals surface area contributed by atoms with Crippen molar-refractivity contribution in [3.05, 3.63) is 47.3 Å². The molecule has 2 atom stereocenters. The van der Waals surface area contributed by atoms with Crippen LogP contribution in [0.1, 0.15) is 20.3 Å². The summed E-state index contributed by atoms with van der Waals surface area (Å²) in [7, 11) is 0. The van der Waals surface area contributed by atoms with Gasteiger partial charge in [-0.25, -0.2) is 0 Å². The van der Waals surface area contributed by atoms with Crippen LogP contribution in [0, 0.1) is 0 Å². The second kappa shape index (κ2) is 5.15. The highest BCUT2D eigenvalue weighted by Gasteiger charge is 2.45. The Hall–Kier alpha value is -1.65. The smallest absolute Gasteiger partial charge is 0.196 e. The minimum Gasteiger partial charge on any atom is -0.489 e. The van der Waals surface area contributed by atoms with Crippen LogP contribution in [0.3, 0.4) is 0 Å². The third-order valence-electron chi connectivity index (χ3n) is 3.45. The molecule has 4 heteroatoms. The van der Waals surface area contributed by atoms with Crippen LogP contribution in [0.4, 0.5) is 0 Å².